The number of unbranched alkanes of at least 4 members (excludes halogenated alkanes) is 1. The van der Waals surface area contributed by atoms with Gasteiger partial charge in [-0.05, 0) is 23.8 Å². The minimum atomic E-state index is -0.0565. The van der Waals surface area contributed by atoms with Crippen LogP contribution in [0.3, 0.4) is 0 Å². The normalized spacial score (nSPS) is 12.3. The van der Waals surface area contributed by atoms with Crippen molar-refractivity contribution in [1.82, 2.24) is 0 Å². The van der Waals surface area contributed by atoms with Crippen molar-refractivity contribution in [2.45, 2.75) is 50.2 Å². The van der Waals surface area contributed by atoms with Crippen molar-refractivity contribution in [3.8, 4) is 0 Å². The zero-order valence-electron chi connectivity index (χ0n) is 11.9. The van der Waals surface area contributed by atoms with Crippen molar-refractivity contribution < 1.29 is 9.53 Å². The quantitative estimate of drug-likeness (QED) is 0.450. The number of thiophene rings is 1. The number of thioether (sulfide) groups is 1. The minimum Gasteiger partial charge on any atom is -0.465 e. The lowest BCUT2D eigenvalue weighted by atomic mass is 10.0. The van der Waals surface area contributed by atoms with Crippen LogP contribution in [-0.4, -0.2) is 18.3 Å². The monoisotopic (exact) mass is 300 g/mol. The van der Waals surface area contributed by atoms with Crippen LogP contribution in [0.15, 0.2) is 21.7 Å². The molecule has 4 heteroatoms. The molecule has 1 unspecified atom stereocenters. The van der Waals surface area contributed by atoms with Gasteiger partial charge in [-0.25, -0.2) is 0 Å². The summed E-state index contributed by atoms with van der Waals surface area (Å²) in [6.07, 6.45) is 5.21. The third-order valence-corrected chi connectivity index (χ3v) is 5.20. The van der Waals surface area contributed by atoms with E-state index in [1.54, 1.807) is 23.1 Å². The maximum atomic E-state index is 11.6. The Balaban J connectivity index is 2.09. The van der Waals surface area contributed by atoms with E-state index in [2.05, 4.69) is 25.3 Å². The molecule has 0 saturated carbocycles. The predicted octanol–water partition coefficient (Wildman–Crippen LogP) is 4.99. The van der Waals surface area contributed by atoms with Crippen molar-refractivity contribution in [2.75, 3.05) is 12.4 Å². The van der Waals surface area contributed by atoms with Crippen LogP contribution >= 0.6 is 23.1 Å². The molecule has 0 fully saturated rings. The third kappa shape index (κ3) is 7.63. The summed E-state index contributed by atoms with van der Waals surface area (Å²) in [5.41, 5.74) is 0. The first-order valence-electron chi connectivity index (χ1n) is 7.08. The molecule has 0 aromatic carbocycles. The average Bonchev–Trinajstić information content (AvgIpc) is 2.92. The molecule has 19 heavy (non-hydrogen) atoms. The molecule has 0 aliphatic carbocycles. The Kier molecular flexibility index (Phi) is 9.01. The molecule has 0 bridgehead atoms. The molecule has 108 valence electrons. The second-order valence-corrected chi connectivity index (χ2v) is 6.97. The summed E-state index contributed by atoms with van der Waals surface area (Å²) in [7, 11) is 0. The minimum absolute atomic E-state index is 0.0565. The van der Waals surface area contributed by atoms with Gasteiger partial charge in [0.15, 0.2) is 0 Å². The number of hydrogen-bond acceptors (Lipinski definition) is 4. The lowest BCUT2D eigenvalue weighted by molar-refractivity contribution is -0.144. The molecule has 0 aliphatic heterocycles. The summed E-state index contributed by atoms with van der Waals surface area (Å²) in [4.78, 5) is 11.6. The van der Waals surface area contributed by atoms with Gasteiger partial charge in [-0.2, -0.15) is 0 Å². The van der Waals surface area contributed by atoms with Gasteiger partial charge >= 0.3 is 5.97 Å². The van der Waals surface area contributed by atoms with Gasteiger partial charge in [0.25, 0.3) is 0 Å². The zero-order chi connectivity index (χ0) is 13.9. The number of rotatable bonds is 10. The summed E-state index contributed by atoms with van der Waals surface area (Å²) >= 11 is 3.44. The Bertz CT molecular complexity index is 336. The van der Waals surface area contributed by atoms with Crippen molar-refractivity contribution in [3.05, 3.63) is 17.5 Å². The maximum absolute atomic E-state index is 11.6. The van der Waals surface area contributed by atoms with Gasteiger partial charge < -0.3 is 4.74 Å². The van der Waals surface area contributed by atoms with E-state index in [0.717, 1.165) is 12.2 Å². The molecular formula is C15H24O2S2. The Morgan fingerprint density at radius 2 is 2.32 bits per heavy atom. The van der Waals surface area contributed by atoms with Gasteiger partial charge in [0.2, 0.25) is 0 Å². The lowest BCUT2D eigenvalue weighted by Crippen LogP contribution is -2.14. The summed E-state index contributed by atoms with van der Waals surface area (Å²) in [6.45, 7) is 4.96. The van der Waals surface area contributed by atoms with Crippen molar-refractivity contribution in [3.63, 3.8) is 0 Å². The molecule has 1 atom stereocenters. The highest BCUT2D eigenvalue weighted by Gasteiger charge is 2.10. The van der Waals surface area contributed by atoms with E-state index in [1.807, 2.05) is 6.07 Å². The summed E-state index contributed by atoms with van der Waals surface area (Å²) in [6, 6.07) is 4.11. The number of ether oxygens (including phenoxy) is 1. The molecule has 0 amide bonds. The van der Waals surface area contributed by atoms with E-state index in [4.69, 9.17) is 4.74 Å². The molecule has 0 saturated heterocycles. The lowest BCUT2D eigenvalue weighted by Gasteiger charge is -2.14. The largest absolute Gasteiger partial charge is 0.465 e. The fourth-order valence-corrected chi connectivity index (χ4v) is 3.54. The van der Waals surface area contributed by atoms with Crippen LogP contribution in [0.25, 0.3) is 0 Å². The van der Waals surface area contributed by atoms with E-state index in [1.165, 1.54) is 23.5 Å². The fourth-order valence-electron chi connectivity index (χ4n) is 1.76. The van der Waals surface area contributed by atoms with Gasteiger partial charge in [-0.1, -0.05) is 39.2 Å². The smallest absolute Gasteiger partial charge is 0.306 e. The summed E-state index contributed by atoms with van der Waals surface area (Å²) in [5.74, 6) is 1.29. The van der Waals surface area contributed by atoms with Crippen molar-refractivity contribution in [2.24, 2.45) is 5.92 Å². The Morgan fingerprint density at radius 3 is 2.95 bits per heavy atom. The van der Waals surface area contributed by atoms with Crippen LogP contribution < -0.4 is 0 Å². The SMILES string of the molecule is CCCCC(CC)COC(=O)CCSc1cccs1. The Morgan fingerprint density at radius 1 is 1.47 bits per heavy atom. The molecule has 0 N–H and O–H groups in total. The van der Waals surface area contributed by atoms with Crippen molar-refractivity contribution >= 4 is 29.1 Å². The standard InChI is InChI=1S/C15H24O2S2/c1-3-5-7-13(4-2)12-17-14(16)9-11-19-15-8-6-10-18-15/h6,8,10,13H,3-5,7,9,11-12H2,1-2H3. The first kappa shape index (κ1) is 16.6. The second kappa shape index (κ2) is 10.3. The molecule has 1 aromatic rings. The topological polar surface area (TPSA) is 26.3 Å². The highest BCUT2D eigenvalue weighted by Crippen LogP contribution is 2.24. The third-order valence-electron chi connectivity index (χ3n) is 3.07. The first-order chi connectivity index (χ1) is 9.26. The van der Waals surface area contributed by atoms with Gasteiger partial charge in [-0.3, -0.25) is 4.79 Å². The van der Waals surface area contributed by atoms with E-state index < -0.39 is 0 Å². The van der Waals surface area contributed by atoms with Crippen molar-refractivity contribution in [1.29, 1.82) is 0 Å². The molecule has 0 radical (unpaired) electrons. The molecule has 1 heterocycles. The molecule has 2 nitrogen and oxygen atoms in total. The van der Waals surface area contributed by atoms with Crippen LogP contribution in [0.4, 0.5) is 0 Å². The van der Waals surface area contributed by atoms with Gasteiger partial charge in [0.05, 0.1) is 17.2 Å². The first-order valence-corrected chi connectivity index (χ1v) is 8.94. The van der Waals surface area contributed by atoms with Crippen LogP contribution in [-0.2, 0) is 9.53 Å². The van der Waals surface area contributed by atoms with Gasteiger partial charge in [0.1, 0.15) is 0 Å². The number of carbonyl (C=O) groups excluding carboxylic acids is 1. The summed E-state index contributed by atoms with van der Waals surface area (Å²) in [5, 5.41) is 2.06. The van der Waals surface area contributed by atoms with Gasteiger partial charge in [0, 0.05) is 5.75 Å². The predicted molar refractivity (Wildman–Crippen MR) is 83.9 cm³/mol. The van der Waals surface area contributed by atoms with Gasteiger partial charge in [-0.15, -0.1) is 23.1 Å². The van der Waals surface area contributed by atoms with E-state index in [0.29, 0.717) is 18.9 Å². The Labute approximate surface area is 124 Å². The van der Waals surface area contributed by atoms with E-state index >= 15 is 0 Å². The zero-order valence-corrected chi connectivity index (χ0v) is 13.5. The molecule has 1 aromatic heterocycles. The highest BCUT2D eigenvalue weighted by atomic mass is 32.2. The summed E-state index contributed by atoms with van der Waals surface area (Å²) < 4.78 is 6.63. The fraction of sp³-hybridized carbons (Fsp3) is 0.667. The van der Waals surface area contributed by atoms with Crippen LogP contribution in [0.5, 0.6) is 0 Å². The van der Waals surface area contributed by atoms with Crippen LogP contribution in [0.1, 0.15) is 46.0 Å². The molecule has 0 aliphatic rings. The average molecular weight is 300 g/mol. The Hall–Kier alpha value is -0.480. The number of esters is 1. The van der Waals surface area contributed by atoms with E-state index in [9.17, 15) is 4.79 Å². The number of carbonyl (C=O) groups is 1. The molecular weight excluding hydrogens is 276 g/mol. The van der Waals surface area contributed by atoms with Crippen LogP contribution in [0.2, 0.25) is 0 Å². The number of hydrogen-bond donors (Lipinski definition) is 0. The highest BCUT2D eigenvalue weighted by molar-refractivity contribution is 8.01. The van der Waals surface area contributed by atoms with E-state index in [-0.39, 0.29) is 5.97 Å². The molecule has 1 rings (SSSR count). The molecule has 0 spiro atoms. The van der Waals surface area contributed by atoms with Crippen LogP contribution in [0, 0.1) is 5.92 Å². The second-order valence-electron chi connectivity index (χ2n) is 4.63. The maximum Gasteiger partial charge on any atom is 0.306 e.